The molecule has 3 aromatic rings. The summed E-state index contributed by atoms with van der Waals surface area (Å²) in [5.41, 5.74) is 6.53. The number of carbonyl (C=O) groups excluding carboxylic acids is 3. The first-order chi connectivity index (χ1) is 19.1. The SMILES string of the molecule is C[C@@H]1CCCN1C(=O)C(c1ccccc1)n1cnc(NC(=O)[C@H](COCc2ccccc2)NC(=O)C(C)(C)N)c1.Cl.Cl. The number of anilines is 1. The minimum absolute atomic E-state index is 0. The second kappa shape index (κ2) is 15.7. The normalized spacial score (nSPS) is 16.0. The highest BCUT2D eigenvalue weighted by molar-refractivity contribution is 5.98. The van der Waals surface area contributed by atoms with Crippen LogP contribution in [0, 0.1) is 0 Å². The number of carbonyl (C=O) groups is 3. The van der Waals surface area contributed by atoms with E-state index in [0.717, 1.165) is 24.0 Å². The van der Waals surface area contributed by atoms with Crippen molar-refractivity contribution in [1.29, 1.82) is 0 Å². The number of rotatable bonds is 11. The first kappa shape index (κ1) is 34.8. The number of nitrogens with one attached hydrogen (secondary N) is 2. The Morgan fingerprint density at radius 2 is 1.71 bits per heavy atom. The van der Waals surface area contributed by atoms with Crippen molar-refractivity contribution in [2.24, 2.45) is 5.73 Å². The van der Waals surface area contributed by atoms with Gasteiger partial charge in [0, 0.05) is 18.8 Å². The molecule has 228 valence electrons. The number of imidazole rings is 1. The summed E-state index contributed by atoms with van der Waals surface area (Å²) in [5.74, 6) is -0.763. The first-order valence-electron chi connectivity index (χ1n) is 13.5. The minimum atomic E-state index is -1.19. The van der Waals surface area contributed by atoms with Crippen molar-refractivity contribution in [3.8, 4) is 0 Å². The molecular weight excluding hydrogens is 579 g/mol. The van der Waals surface area contributed by atoms with Crippen molar-refractivity contribution < 1.29 is 19.1 Å². The third-order valence-corrected chi connectivity index (χ3v) is 6.94. The van der Waals surface area contributed by atoms with Gasteiger partial charge in [-0.3, -0.25) is 14.4 Å². The summed E-state index contributed by atoms with van der Waals surface area (Å²) in [6, 6.07) is 17.6. The maximum atomic E-state index is 13.7. The number of benzene rings is 2. The van der Waals surface area contributed by atoms with Crippen LogP contribution in [0.25, 0.3) is 0 Å². The Morgan fingerprint density at radius 1 is 1.07 bits per heavy atom. The summed E-state index contributed by atoms with van der Waals surface area (Å²) in [5, 5.41) is 5.44. The standard InChI is InChI=1S/C30H38N6O4.2ClH/c1-21-11-10-16-36(21)28(38)26(23-14-8-5-9-15-23)35-17-25(32-20-35)34-27(37)24(33-29(39)30(2,3)31)19-40-18-22-12-6-4-7-13-22;;/h4-9,12-15,17,20-21,24,26H,10-11,16,18-19,31H2,1-3H3,(H,33,39)(H,34,37);2*1H/t21-,24+,26?;;/m1../s1. The fraction of sp³-hybridized carbons (Fsp3) is 0.400. The predicted octanol–water partition coefficient (Wildman–Crippen LogP) is 3.70. The van der Waals surface area contributed by atoms with Crippen molar-refractivity contribution >= 4 is 48.4 Å². The molecule has 0 bridgehead atoms. The summed E-state index contributed by atoms with van der Waals surface area (Å²) in [6.07, 6.45) is 5.11. The molecule has 0 spiro atoms. The van der Waals surface area contributed by atoms with Crippen LogP contribution in [0.3, 0.4) is 0 Å². The number of aromatic nitrogens is 2. The molecule has 2 aromatic carbocycles. The maximum absolute atomic E-state index is 13.7. The fourth-order valence-electron chi connectivity index (χ4n) is 4.65. The van der Waals surface area contributed by atoms with Gasteiger partial charge in [0.2, 0.25) is 5.91 Å². The summed E-state index contributed by atoms with van der Waals surface area (Å²) in [6.45, 7) is 6.10. The van der Waals surface area contributed by atoms with Gasteiger partial charge in [-0.25, -0.2) is 4.98 Å². The average Bonchev–Trinajstić information content (AvgIpc) is 3.57. The molecule has 3 amide bonds. The maximum Gasteiger partial charge on any atom is 0.250 e. The van der Waals surface area contributed by atoms with E-state index in [1.165, 1.54) is 6.33 Å². The molecule has 0 saturated carbocycles. The zero-order valence-corrected chi connectivity index (χ0v) is 25.7. The van der Waals surface area contributed by atoms with Crippen molar-refractivity contribution in [2.45, 2.75) is 63.9 Å². The molecule has 12 heteroatoms. The number of nitrogens with two attached hydrogens (primary N) is 1. The van der Waals surface area contributed by atoms with Gasteiger partial charge in [0.15, 0.2) is 5.82 Å². The first-order valence-corrected chi connectivity index (χ1v) is 13.5. The Bertz CT molecular complexity index is 1300. The highest BCUT2D eigenvalue weighted by atomic mass is 35.5. The molecule has 1 unspecified atom stereocenters. The number of likely N-dealkylation sites (tertiary alicyclic amines) is 1. The van der Waals surface area contributed by atoms with Crippen molar-refractivity contribution in [3.63, 3.8) is 0 Å². The third-order valence-electron chi connectivity index (χ3n) is 6.94. The lowest BCUT2D eigenvalue weighted by molar-refractivity contribution is -0.134. The van der Waals surface area contributed by atoms with Crippen LogP contribution < -0.4 is 16.4 Å². The van der Waals surface area contributed by atoms with Gasteiger partial charge < -0.3 is 30.6 Å². The molecule has 3 atom stereocenters. The summed E-state index contributed by atoms with van der Waals surface area (Å²) in [7, 11) is 0. The second-order valence-electron chi connectivity index (χ2n) is 10.8. The number of ether oxygens (including phenoxy) is 1. The number of hydrogen-bond acceptors (Lipinski definition) is 6. The van der Waals surface area contributed by atoms with Crippen LogP contribution in [0.2, 0.25) is 0 Å². The third kappa shape index (κ3) is 9.03. The number of nitrogens with zero attached hydrogens (tertiary/aromatic N) is 3. The smallest absolute Gasteiger partial charge is 0.250 e. The van der Waals surface area contributed by atoms with Crippen LogP contribution in [-0.4, -0.2) is 62.9 Å². The van der Waals surface area contributed by atoms with E-state index >= 15 is 0 Å². The molecule has 0 radical (unpaired) electrons. The summed E-state index contributed by atoms with van der Waals surface area (Å²) >= 11 is 0. The zero-order chi connectivity index (χ0) is 28.7. The van der Waals surface area contributed by atoms with Crippen LogP contribution in [-0.2, 0) is 25.7 Å². The molecule has 1 aliphatic rings. The van der Waals surface area contributed by atoms with Crippen LogP contribution >= 0.6 is 24.8 Å². The quantitative estimate of drug-likeness (QED) is 0.300. The van der Waals surface area contributed by atoms with Crippen LogP contribution in [0.5, 0.6) is 0 Å². The molecule has 2 heterocycles. The fourth-order valence-corrected chi connectivity index (χ4v) is 4.65. The summed E-state index contributed by atoms with van der Waals surface area (Å²) in [4.78, 5) is 45.8. The topological polar surface area (TPSA) is 132 Å². The molecule has 4 N–H and O–H groups in total. The number of halogens is 2. The molecule has 1 fully saturated rings. The minimum Gasteiger partial charge on any atom is -0.374 e. The summed E-state index contributed by atoms with van der Waals surface area (Å²) < 4.78 is 7.47. The van der Waals surface area contributed by atoms with Gasteiger partial charge in [-0.1, -0.05) is 60.7 Å². The van der Waals surface area contributed by atoms with E-state index in [1.54, 1.807) is 24.6 Å². The molecule has 1 aromatic heterocycles. The van der Waals surface area contributed by atoms with Gasteiger partial charge in [-0.2, -0.15) is 0 Å². The van der Waals surface area contributed by atoms with E-state index in [0.29, 0.717) is 6.54 Å². The molecule has 1 aliphatic heterocycles. The largest absolute Gasteiger partial charge is 0.374 e. The van der Waals surface area contributed by atoms with Gasteiger partial charge in [0.05, 0.1) is 25.1 Å². The van der Waals surface area contributed by atoms with Crippen LogP contribution in [0.15, 0.2) is 73.2 Å². The lowest BCUT2D eigenvalue weighted by atomic mass is 10.0. The van der Waals surface area contributed by atoms with Crippen molar-refractivity contribution in [2.75, 3.05) is 18.5 Å². The Balaban J connectivity index is 0.00000308. The van der Waals surface area contributed by atoms with E-state index in [2.05, 4.69) is 22.5 Å². The molecular formula is C30H40Cl2N6O4. The Kier molecular flexibility index (Phi) is 13.0. The number of amides is 3. The molecule has 42 heavy (non-hydrogen) atoms. The lowest BCUT2D eigenvalue weighted by Gasteiger charge is -2.28. The van der Waals surface area contributed by atoms with E-state index in [-0.39, 0.29) is 55.8 Å². The highest BCUT2D eigenvalue weighted by Gasteiger charge is 2.33. The van der Waals surface area contributed by atoms with Crippen molar-refractivity contribution in [3.05, 3.63) is 84.3 Å². The molecule has 0 aliphatic carbocycles. The van der Waals surface area contributed by atoms with Gasteiger partial charge in [-0.05, 0) is 44.7 Å². The van der Waals surface area contributed by atoms with Gasteiger partial charge in [0.1, 0.15) is 12.1 Å². The van der Waals surface area contributed by atoms with Gasteiger partial charge in [0.25, 0.3) is 11.8 Å². The zero-order valence-electron chi connectivity index (χ0n) is 24.1. The van der Waals surface area contributed by atoms with E-state index < -0.39 is 29.4 Å². The second-order valence-corrected chi connectivity index (χ2v) is 10.8. The lowest BCUT2D eigenvalue weighted by Crippen LogP contribution is -2.56. The van der Waals surface area contributed by atoms with Crippen LogP contribution in [0.1, 0.15) is 50.8 Å². The highest BCUT2D eigenvalue weighted by Crippen LogP contribution is 2.27. The molecule has 4 rings (SSSR count). The van der Waals surface area contributed by atoms with Gasteiger partial charge >= 0.3 is 0 Å². The Hall–Kier alpha value is -3.44. The van der Waals surface area contributed by atoms with E-state index in [4.69, 9.17) is 10.5 Å². The average molecular weight is 620 g/mol. The van der Waals surface area contributed by atoms with E-state index in [1.807, 2.05) is 65.6 Å². The van der Waals surface area contributed by atoms with Crippen LogP contribution in [0.4, 0.5) is 5.82 Å². The molecule has 1 saturated heterocycles. The van der Waals surface area contributed by atoms with Gasteiger partial charge in [-0.15, -0.1) is 24.8 Å². The van der Waals surface area contributed by atoms with Crippen molar-refractivity contribution in [1.82, 2.24) is 19.8 Å². The monoisotopic (exact) mass is 618 g/mol. The number of hydrogen-bond donors (Lipinski definition) is 3. The Labute approximate surface area is 259 Å². The predicted molar refractivity (Wildman–Crippen MR) is 167 cm³/mol. The van der Waals surface area contributed by atoms with E-state index in [9.17, 15) is 14.4 Å². The molecule has 10 nitrogen and oxygen atoms in total. The Morgan fingerprint density at radius 3 is 2.31 bits per heavy atom.